The third kappa shape index (κ3) is 5.18. The molecule has 10 aromatic rings. The molecule has 2 aromatic heterocycles. The summed E-state index contributed by atoms with van der Waals surface area (Å²) in [7, 11) is 0. The topological polar surface area (TPSA) is 21.3 Å². The fraction of sp³-hybridized carbons (Fsp3) is 0.115. The molecule has 0 atom stereocenters. The van der Waals surface area contributed by atoms with Gasteiger partial charge in [-0.1, -0.05) is 147 Å². The Morgan fingerprint density at radius 1 is 0.491 bits per heavy atom. The maximum Gasteiger partial charge on any atom is 0.159 e. The summed E-state index contributed by atoms with van der Waals surface area (Å²) in [5, 5.41) is 7.38. The lowest BCUT2D eigenvalue weighted by Gasteiger charge is -2.29. The van der Waals surface area contributed by atoms with Crippen molar-refractivity contribution in [1.82, 2.24) is 4.57 Å². The minimum Gasteiger partial charge on any atom is -0.454 e. The Labute approximate surface area is 320 Å². The van der Waals surface area contributed by atoms with Crippen LogP contribution in [0, 0.1) is 0 Å². The molecular weight excluding hydrogens is 669 g/mol. The number of aromatic nitrogens is 1. The van der Waals surface area contributed by atoms with Crippen LogP contribution in [0.25, 0.3) is 71.3 Å². The van der Waals surface area contributed by atoms with E-state index in [1.165, 1.54) is 75.9 Å². The Kier molecular flexibility index (Phi) is 7.58. The number of para-hydroxylation sites is 5. The van der Waals surface area contributed by atoms with E-state index in [-0.39, 0.29) is 0 Å². The second-order valence-electron chi connectivity index (χ2n) is 15.1. The van der Waals surface area contributed by atoms with Crippen molar-refractivity contribution in [3.8, 4) is 16.8 Å². The molecule has 8 aromatic carbocycles. The van der Waals surface area contributed by atoms with Crippen LogP contribution in [0.1, 0.15) is 43.6 Å². The third-order valence-electron chi connectivity index (χ3n) is 12.0. The van der Waals surface area contributed by atoms with Gasteiger partial charge >= 0.3 is 0 Å². The van der Waals surface area contributed by atoms with E-state index in [9.17, 15) is 0 Å². The minimum atomic E-state index is 0.577. The molecule has 264 valence electrons. The fourth-order valence-electron chi connectivity index (χ4n) is 9.51. The van der Waals surface area contributed by atoms with Crippen molar-refractivity contribution in [3.05, 3.63) is 181 Å². The number of anilines is 3. The van der Waals surface area contributed by atoms with Gasteiger partial charge in [0.05, 0.1) is 22.4 Å². The number of fused-ring (bicyclic) bond motifs is 7. The highest BCUT2D eigenvalue weighted by atomic mass is 16.3. The molecule has 0 aliphatic heterocycles. The van der Waals surface area contributed by atoms with Gasteiger partial charge in [-0.3, -0.25) is 0 Å². The zero-order chi connectivity index (χ0) is 36.3. The van der Waals surface area contributed by atoms with Gasteiger partial charge in [0.1, 0.15) is 5.58 Å². The number of furan rings is 1. The maximum absolute atomic E-state index is 6.80. The molecule has 1 aliphatic carbocycles. The van der Waals surface area contributed by atoms with Crippen molar-refractivity contribution < 1.29 is 4.42 Å². The number of hydrogen-bond acceptors (Lipinski definition) is 2. The highest BCUT2D eigenvalue weighted by Gasteiger charge is 2.25. The first-order valence-corrected chi connectivity index (χ1v) is 19.7. The molecule has 3 nitrogen and oxygen atoms in total. The zero-order valence-corrected chi connectivity index (χ0v) is 30.7. The predicted molar refractivity (Wildman–Crippen MR) is 232 cm³/mol. The fourth-order valence-corrected chi connectivity index (χ4v) is 9.51. The molecular formula is C52H40N2O. The van der Waals surface area contributed by atoms with Crippen molar-refractivity contribution in [1.29, 1.82) is 0 Å². The van der Waals surface area contributed by atoms with Gasteiger partial charge in [0.2, 0.25) is 0 Å². The summed E-state index contributed by atoms with van der Waals surface area (Å²) in [5.74, 6) is 0.577. The molecule has 1 aliphatic rings. The molecule has 0 radical (unpaired) electrons. The van der Waals surface area contributed by atoms with Crippen LogP contribution in [0.4, 0.5) is 17.1 Å². The molecule has 0 saturated heterocycles. The highest BCUT2D eigenvalue weighted by molar-refractivity contribution is 6.13. The molecule has 2 heterocycles. The summed E-state index contributed by atoms with van der Waals surface area (Å²) >= 11 is 0. The Hall–Kier alpha value is -6.58. The SMILES string of the molecule is c1ccc(-n2c3ccccc3c3ccc(N(c4ccccc4-c4cccc5cccc(C6CCCCC6)c45)c4cccc5c4oc4ccccc45)cc32)cc1. The highest BCUT2D eigenvalue weighted by Crippen LogP contribution is 2.49. The lowest BCUT2D eigenvalue weighted by atomic mass is 9.80. The van der Waals surface area contributed by atoms with Crippen LogP contribution in [-0.4, -0.2) is 4.57 Å². The summed E-state index contributed by atoms with van der Waals surface area (Å²) in [6, 6.07) is 64.2. The van der Waals surface area contributed by atoms with E-state index in [0.717, 1.165) is 50.2 Å². The molecule has 1 saturated carbocycles. The average Bonchev–Trinajstić information content (AvgIpc) is 3.80. The second kappa shape index (κ2) is 13.1. The predicted octanol–water partition coefficient (Wildman–Crippen LogP) is 15.0. The van der Waals surface area contributed by atoms with E-state index in [0.29, 0.717) is 5.92 Å². The van der Waals surface area contributed by atoms with E-state index in [2.05, 4.69) is 185 Å². The van der Waals surface area contributed by atoms with Crippen molar-refractivity contribution in [2.24, 2.45) is 0 Å². The van der Waals surface area contributed by atoms with Crippen molar-refractivity contribution in [2.45, 2.75) is 38.0 Å². The van der Waals surface area contributed by atoms with Crippen LogP contribution >= 0.6 is 0 Å². The molecule has 55 heavy (non-hydrogen) atoms. The van der Waals surface area contributed by atoms with Crippen molar-refractivity contribution in [2.75, 3.05) is 4.90 Å². The third-order valence-corrected chi connectivity index (χ3v) is 12.0. The van der Waals surface area contributed by atoms with E-state index < -0.39 is 0 Å². The van der Waals surface area contributed by atoms with Gasteiger partial charge in [-0.2, -0.15) is 0 Å². The van der Waals surface area contributed by atoms with Crippen molar-refractivity contribution in [3.63, 3.8) is 0 Å². The van der Waals surface area contributed by atoms with E-state index in [1.807, 2.05) is 0 Å². The number of nitrogens with zero attached hydrogens (tertiary/aromatic N) is 2. The van der Waals surface area contributed by atoms with Crippen LogP contribution < -0.4 is 4.90 Å². The maximum atomic E-state index is 6.80. The van der Waals surface area contributed by atoms with Gasteiger partial charge in [0.25, 0.3) is 0 Å². The van der Waals surface area contributed by atoms with E-state index in [1.54, 1.807) is 0 Å². The molecule has 0 unspecified atom stereocenters. The molecule has 0 spiro atoms. The Morgan fingerprint density at radius 3 is 2.05 bits per heavy atom. The zero-order valence-electron chi connectivity index (χ0n) is 30.7. The van der Waals surface area contributed by atoms with Crippen LogP contribution in [0.2, 0.25) is 0 Å². The van der Waals surface area contributed by atoms with Crippen LogP contribution in [0.15, 0.2) is 180 Å². The quantitative estimate of drug-likeness (QED) is 0.171. The number of hydrogen-bond donors (Lipinski definition) is 0. The Balaban J connectivity index is 1.21. The molecule has 11 rings (SSSR count). The molecule has 0 amide bonds. The van der Waals surface area contributed by atoms with Gasteiger partial charge in [-0.25, -0.2) is 0 Å². The first kappa shape index (κ1) is 31.9. The van der Waals surface area contributed by atoms with Gasteiger partial charge in [0.15, 0.2) is 5.58 Å². The van der Waals surface area contributed by atoms with Crippen LogP contribution in [0.3, 0.4) is 0 Å². The lowest BCUT2D eigenvalue weighted by Crippen LogP contribution is -2.12. The second-order valence-corrected chi connectivity index (χ2v) is 15.1. The summed E-state index contributed by atoms with van der Waals surface area (Å²) in [6.45, 7) is 0. The molecule has 3 heteroatoms. The molecule has 0 N–H and O–H groups in total. The summed E-state index contributed by atoms with van der Waals surface area (Å²) in [6.07, 6.45) is 6.46. The standard InChI is InChI=1S/C52H40N2O/c1-3-16-35(17-4-1)39-25-13-18-36-19-14-26-44(51(36)39)41-23-8-11-29-47(41)54(48-30-15-27-45-43-24-9-12-31-50(43)55-52(45)48)38-32-33-42-40-22-7-10-28-46(40)53(49(42)34-38)37-20-5-2-6-21-37/h2,5-15,18-35H,1,3-4,16-17H2. The smallest absolute Gasteiger partial charge is 0.159 e. The van der Waals surface area contributed by atoms with Gasteiger partial charge in [-0.15, -0.1) is 0 Å². The van der Waals surface area contributed by atoms with Crippen molar-refractivity contribution >= 4 is 71.6 Å². The number of rotatable bonds is 6. The summed E-state index contributed by atoms with van der Waals surface area (Å²) < 4.78 is 9.21. The molecule has 0 bridgehead atoms. The van der Waals surface area contributed by atoms with Gasteiger partial charge in [0, 0.05) is 38.5 Å². The first-order chi connectivity index (χ1) is 27.3. The largest absolute Gasteiger partial charge is 0.454 e. The van der Waals surface area contributed by atoms with E-state index >= 15 is 0 Å². The van der Waals surface area contributed by atoms with Crippen LogP contribution in [-0.2, 0) is 0 Å². The monoisotopic (exact) mass is 708 g/mol. The lowest BCUT2D eigenvalue weighted by molar-refractivity contribution is 0.445. The minimum absolute atomic E-state index is 0.577. The average molecular weight is 709 g/mol. The Morgan fingerprint density at radius 2 is 1.16 bits per heavy atom. The summed E-state index contributed by atoms with van der Waals surface area (Å²) in [5.41, 5.74) is 12.4. The van der Waals surface area contributed by atoms with Gasteiger partial charge < -0.3 is 13.9 Å². The Bertz CT molecular complexity index is 3030. The normalized spacial score (nSPS) is 13.7. The molecule has 1 fully saturated rings. The number of benzene rings is 8. The first-order valence-electron chi connectivity index (χ1n) is 19.7. The van der Waals surface area contributed by atoms with Crippen LogP contribution in [0.5, 0.6) is 0 Å². The van der Waals surface area contributed by atoms with E-state index in [4.69, 9.17) is 4.42 Å². The van der Waals surface area contributed by atoms with Gasteiger partial charge in [-0.05, 0) is 89.2 Å². The summed E-state index contributed by atoms with van der Waals surface area (Å²) in [4.78, 5) is 2.44.